The Morgan fingerprint density at radius 1 is 0.952 bits per heavy atom. The van der Waals surface area contributed by atoms with E-state index in [4.69, 9.17) is 4.74 Å². The molecule has 0 unspecified atom stereocenters. The smallest absolute Gasteiger partial charge is 0.261 e. The zero-order chi connectivity index (χ0) is 14.7. The Labute approximate surface area is 122 Å². The minimum Gasteiger partial charge on any atom is -0.493 e. The maximum Gasteiger partial charge on any atom is 0.261 e. The van der Waals surface area contributed by atoms with Gasteiger partial charge in [-0.3, -0.25) is 19.5 Å². The molecule has 0 fully saturated rings. The summed E-state index contributed by atoms with van der Waals surface area (Å²) < 4.78 is 5.52. The Hall–Kier alpha value is -2.69. The summed E-state index contributed by atoms with van der Waals surface area (Å²) in [6.07, 6.45) is 3.90. The number of ether oxygens (including phenoxy) is 1. The number of amides is 2. The molecule has 3 rings (SSSR count). The van der Waals surface area contributed by atoms with E-state index in [9.17, 15) is 9.59 Å². The molecular weight excluding hydrogens is 268 g/mol. The summed E-state index contributed by atoms with van der Waals surface area (Å²) in [6.45, 7) is 0.800. The van der Waals surface area contributed by atoms with Gasteiger partial charge in [-0.15, -0.1) is 0 Å². The summed E-state index contributed by atoms with van der Waals surface area (Å²) in [5, 5.41) is 0. The van der Waals surface area contributed by atoms with Gasteiger partial charge in [0.1, 0.15) is 5.75 Å². The minimum atomic E-state index is -0.223. The summed E-state index contributed by atoms with van der Waals surface area (Å²) in [5.41, 5.74) is 0.968. The maximum absolute atomic E-state index is 12.1. The van der Waals surface area contributed by atoms with E-state index in [-0.39, 0.29) is 11.8 Å². The van der Waals surface area contributed by atoms with Gasteiger partial charge in [0.25, 0.3) is 11.8 Å². The molecule has 21 heavy (non-hydrogen) atoms. The lowest BCUT2D eigenvalue weighted by Gasteiger charge is -2.13. The van der Waals surface area contributed by atoms with Gasteiger partial charge in [-0.25, -0.2) is 0 Å². The molecular formula is C16H14N2O3. The summed E-state index contributed by atoms with van der Waals surface area (Å²) >= 11 is 0. The zero-order valence-corrected chi connectivity index (χ0v) is 11.4. The van der Waals surface area contributed by atoms with Crippen molar-refractivity contribution in [3.8, 4) is 5.75 Å². The fraction of sp³-hybridized carbons (Fsp3) is 0.188. The van der Waals surface area contributed by atoms with Crippen molar-refractivity contribution in [2.45, 2.75) is 6.42 Å². The molecule has 0 saturated carbocycles. The lowest BCUT2D eigenvalue weighted by Crippen LogP contribution is -2.31. The van der Waals surface area contributed by atoms with Crippen molar-refractivity contribution < 1.29 is 14.3 Å². The Morgan fingerprint density at radius 3 is 2.19 bits per heavy atom. The fourth-order valence-electron chi connectivity index (χ4n) is 2.29. The molecule has 1 aromatic carbocycles. The Morgan fingerprint density at radius 2 is 1.57 bits per heavy atom. The number of rotatable bonds is 5. The summed E-state index contributed by atoms with van der Waals surface area (Å²) in [6, 6.07) is 10.4. The first-order valence-electron chi connectivity index (χ1n) is 6.75. The molecule has 0 aliphatic carbocycles. The third-order valence-electron chi connectivity index (χ3n) is 3.32. The Kier molecular flexibility index (Phi) is 3.64. The molecule has 2 heterocycles. The van der Waals surface area contributed by atoms with Gasteiger partial charge in [0.2, 0.25) is 0 Å². The van der Waals surface area contributed by atoms with Crippen LogP contribution in [0.25, 0.3) is 0 Å². The third kappa shape index (κ3) is 2.63. The highest BCUT2D eigenvalue weighted by atomic mass is 16.5. The molecule has 106 valence electrons. The lowest BCUT2D eigenvalue weighted by molar-refractivity contribution is 0.0647. The maximum atomic E-state index is 12.1. The predicted octanol–water partition coefficient (Wildman–Crippen LogP) is 2.15. The number of benzene rings is 1. The molecule has 2 aromatic rings. The molecule has 0 spiro atoms. The van der Waals surface area contributed by atoms with E-state index in [0.29, 0.717) is 30.7 Å². The molecule has 0 N–H and O–H groups in total. The topological polar surface area (TPSA) is 59.5 Å². The molecule has 0 radical (unpaired) electrons. The molecule has 2 amide bonds. The van der Waals surface area contributed by atoms with Gasteiger partial charge in [0, 0.05) is 18.9 Å². The quantitative estimate of drug-likeness (QED) is 0.623. The average molecular weight is 282 g/mol. The second-order valence-electron chi connectivity index (χ2n) is 4.69. The number of carbonyl (C=O) groups is 2. The summed E-state index contributed by atoms with van der Waals surface area (Å²) in [7, 11) is 0. The van der Waals surface area contributed by atoms with Crippen molar-refractivity contribution in [2.75, 3.05) is 13.2 Å². The van der Waals surface area contributed by atoms with Crippen molar-refractivity contribution in [3.05, 3.63) is 59.9 Å². The van der Waals surface area contributed by atoms with Crippen LogP contribution in [0, 0.1) is 0 Å². The van der Waals surface area contributed by atoms with E-state index in [2.05, 4.69) is 4.98 Å². The number of aromatic nitrogens is 1. The van der Waals surface area contributed by atoms with Crippen molar-refractivity contribution in [3.63, 3.8) is 0 Å². The Balaban J connectivity index is 1.55. The molecule has 1 aliphatic rings. The number of carbonyl (C=O) groups excluding carboxylic acids is 2. The van der Waals surface area contributed by atoms with Crippen LogP contribution in [-0.4, -0.2) is 34.8 Å². The van der Waals surface area contributed by atoms with Crippen LogP contribution in [0.4, 0.5) is 0 Å². The van der Waals surface area contributed by atoms with Crippen LogP contribution >= 0.6 is 0 Å². The van der Waals surface area contributed by atoms with E-state index in [1.165, 1.54) is 4.90 Å². The molecule has 5 heteroatoms. The van der Waals surface area contributed by atoms with Crippen molar-refractivity contribution in [2.24, 2.45) is 0 Å². The second kappa shape index (κ2) is 5.75. The lowest BCUT2D eigenvalue weighted by atomic mass is 10.1. The minimum absolute atomic E-state index is 0.223. The van der Waals surface area contributed by atoms with Crippen LogP contribution in [0.15, 0.2) is 48.8 Å². The second-order valence-corrected chi connectivity index (χ2v) is 4.69. The van der Waals surface area contributed by atoms with Gasteiger partial charge >= 0.3 is 0 Å². The van der Waals surface area contributed by atoms with E-state index >= 15 is 0 Å². The fourth-order valence-corrected chi connectivity index (χ4v) is 2.29. The molecule has 0 saturated heterocycles. The van der Waals surface area contributed by atoms with Gasteiger partial charge in [-0.1, -0.05) is 12.1 Å². The van der Waals surface area contributed by atoms with Gasteiger partial charge in [-0.05, 0) is 30.7 Å². The average Bonchev–Trinajstić information content (AvgIpc) is 2.77. The first-order valence-corrected chi connectivity index (χ1v) is 6.75. The molecule has 1 aliphatic heterocycles. The monoisotopic (exact) mass is 282 g/mol. The van der Waals surface area contributed by atoms with Gasteiger partial charge in [-0.2, -0.15) is 0 Å². The van der Waals surface area contributed by atoms with Crippen LogP contribution in [0.5, 0.6) is 5.75 Å². The number of hydrogen-bond acceptors (Lipinski definition) is 4. The van der Waals surface area contributed by atoms with Crippen LogP contribution in [-0.2, 0) is 0 Å². The van der Waals surface area contributed by atoms with Crippen molar-refractivity contribution in [1.29, 1.82) is 0 Å². The van der Waals surface area contributed by atoms with Crippen LogP contribution in [0.1, 0.15) is 27.1 Å². The highest BCUT2D eigenvalue weighted by Gasteiger charge is 2.34. The first-order chi connectivity index (χ1) is 10.3. The molecule has 1 aromatic heterocycles. The van der Waals surface area contributed by atoms with E-state index in [1.54, 1.807) is 48.8 Å². The molecule has 0 bridgehead atoms. The number of nitrogens with zero attached hydrogens (tertiary/aromatic N) is 2. The number of pyridine rings is 1. The Bertz CT molecular complexity index is 635. The van der Waals surface area contributed by atoms with E-state index in [0.717, 1.165) is 5.75 Å². The van der Waals surface area contributed by atoms with Crippen LogP contribution < -0.4 is 4.74 Å². The summed E-state index contributed by atoms with van der Waals surface area (Å²) in [4.78, 5) is 29.4. The zero-order valence-electron chi connectivity index (χ0n) is 11.4. The van der Waals surface area contributed by atoms with E-state index in [1.807, 2.05) is 0 Å². The molecule has 5 nitrogen and oxygen atoms in total. The highest BCUT2D eigenvalue weighted by Crippen LogP contribution is 2.22. The van der Waals surface area contributed by atoms with Crippen LogP contribution in [0.2, 0.25) is 0 Å². The van der Waals surface area contributed by atoms with Crippen molar-refractivity contribution >= 4 is 11.8 Å². The third-order valence-corrected chi connectivity index (χ3v) is 3.32. The molecule has 0 atom stereocenters. The normalized spacial score (nSPS) is 13.4. The highest BCUT2D eigenvalue weighted by molar-refractivity contribution is 6.21. The standard InChI is InChI=1S/C16H14N2O3/c19-15-13-4-1-2-5-14(13)16(20)18(15)10-3-11-21-12-6-8-17-9-7-12/h1-2,4-9H,3,10-11H2. The SMILES string of the molecule is O=C1c2ccccc2C(=O)N1CCCOc1ccncc1. The number of imide groups is 1. The first kappa shape index (κ1) is 13.3. The van der Waals surface area contributed by atoms with Crippen LogP contribution in [0.3, 0.4) is 0 Å². The van der Waals surface area contributed by atoms with E-state index < -0.39 is 0 Å². The largest absolute Gasteiger partial charge is 0.493 e. The summed E-state index contributed by atoms with van der Waals surface area (Å²) in [5.74, 6) is 0.284. The van der Waals surface area contributed by atoms with Gasteiger partial charge in [0.05, 0.1) is 17.7 Å². The number of fused-ring (bicyclic) bond motifs is 1. The van der Waals surface area contributed by atoms with Gasteiger partial charge in [0.15, 0.2) is 0 Å². The van der Waals surface area contributed by atoms with Crippen molar-refractivity contribution in [1.82, 2.24) is 9.88 Å². The predicted molar refractivity (Wildman–Crippen MR) is 76.2 cm³/mol. The van der Waals surface area contributed by atoms with Gasteiger partial charge < -0.3 is 4.74 Å². The number of hydrogen-bond donors (Lipinski definition) is 0.